The third kappa shape index (κ3) is 7.41. The molecule has 0 aliphatic rings. The van der Waals surface area contributed by atoms with Crippen LogP contribution in [-0.2, 0) is 26.2 Å². The van der Waals surface area contributed by atoms with Crippen LogP contribution < -0.4 is 9.62 Å². The Hall–Kier alpha value is -3.79. The Balaban J connectivity index is 2.05. The highest BCUT2D eigenvalue weighted by atomic mass is 32.2. The summed E-state index contributed by atoms with van der Waals surface area (Å²) in [7, 11) is -4.36. The lowest BCUT2D eigenvalue weighted by Gasteiger charge is -2.33. The van der Waals surface area contributed by atoms with E-state index >= 15 is 0 Å². The first kappa shape index (κ1) is 29.8. The summed E-state index contributed by atoms with van der Waals surface area (Å²) < 4.78 is 56.5. The zero-order valence-electron chi connectivity index (χ0n) is 22.2. The predicted octanol–water partition coefficient (Wildman–Crippen LogP) is 4.88. The van der Waals surface area contributed by atoms with Crippen LogP contribution in [0.25, 0.3) is 0 Å². The molecule has 7 nitrogen and oxygen atoms in total. The molecule has 0 saturated heterocycles. The number of rotatable bonds is 12. The Morgan fingerprint density at radius 2 is 1.49 bits per heavy atom. The van der Waals surface area contributed by atoms with Gasteiger partial charge < -0.3 is 10.2 Å². The highest BCUT2D eigenvalue weighted by Gasteiger charge is 2.34. The minimum absolute atomic E-state index is 0.0813. The lowest BCUT2D eigenvalue weighted by molar-refractivity contribution is -0.140. The Bertz CT molecular complexity index is 1370. The van der Waals surface area contributed by atoms with Gasteiger partial charge in [-0.1, -0.05) is 56.3 Å². The number of sulfonamides is 1. The molecule has 0 heterocycles. The summed E-state index contributed by atoms with van der Waals surface area (Å²) in [6.45, 7) is 4.65. The molecule has 0 aromatic heterocycles. The maximum atomic E-state index is 14.9. The molecule has 2 atom stereocenters. The molecule has 0 fully saturated rings. The van der Waals surface area contributed by atoms with Gasteiger partial charge in [0.15, 0.2) is 0 Å². The molecule has 0 unspecified atom stereocenters. The van der Waals surface area contributed by atoms with Crippen molar-refractivity contribution in [2.75, 3.05) is 10.8 Å². The van der Waals surface area contributed by atoms with Gasteiger partial charge >= 0.3 is 0 Å². The summed E-state index contributed by atoms with van der Waals surface area (Å²) in [5.74, 6) is -2.40. The highest BCUT2D eigenvalue weighted by molar-refractivity contribution is 7.92. The van der Waals surface area contributed by atoms with Gasteiger partial charge in [0.1, 0.15) is 24.2 Å². The fourth-order valence-electron chi connectivity index (χ4n) is 4.03. The molecule has 3 rings (SSSR count). The second-order valence-electron chi connectivity index (χ2n) is 9.17. The zero-order chi connectivity index (χ0) is 28.6. The van der Waals surface area contributed by atoms with Crippen molar-refractivity contribution in [3.8, 4) is 0 Å². The first-order valence-corrected chi connectivity index (χ1v) is 14.2. The van der Waals surface area contributed by atoms with Gasteiger partial charge in [0, 0.05) is 12.6 Å². The molecule has 0 radical (unpaired) electrons. The molecule has 39 heavy (non-hydrogen) atoms. The van der Waals surface area contributed by atoms with Crippen molar-refractivity contribution in [1.82, 2.24) is 10.2 Å². The molecule has 2 amide bonds. The van der Waals surface area contributed by atoms with Gasteiger partial charge in [-0.3, -0.25) is 13.9 Å². The van der Waals surface area contributed by atoms with Gasteiger partial charge in [-0.15, -0.1) is 0 Å². The summed E-state index contributed by atoms with van der Waals surface area (Å²) in [5, 5.41) is 2.88. The Morgan fingerprint density at radius 1 is 0.872 bits per heavy atom. The van der Waals surface area contributed by atoms with Crippen LogP contribution in [-0.4, -0.2) is 43.8 Å². The number of carbonyl (C=O) groups is 2. The van der Waals surface area contributed by atoms with Crippen molar-refractivity contribution in [3.05, 3.63) is 96.1 Å². The SMILES string of the molecule is CC[C@H](C)NC(=O)[C@H](CC)N(Cc1ccc(F)cc1)C(=O)CN(c1ccccc1F)S(=O)(=O)c1ccccc1. The van der Waals surface area contributed by atoms with Gasteiger partial charge in [0.25, 0.3) is 10.0 Å². The van der Waals surface area contributed by atoms with E-state index < -0.39 is 46.1 Å². The molecule has 0 bridgehead atoms. The molecular weight excluding hydrogens is 524 g/mol. The van der Waals surface area contributed by atoms with Gasteiger partial charge in [-0.2, -0.15) is 0 Å². The predicted molar refractivity (Wildman–Crippen MR) is 146 cm³/mol. The van der Waals surface area contributed by atoms with E-state index in [-0.39, 0.29) is 29.6 Å². The number of carbonyl (C=O) groups excluding carboxylic acids is 2. The number of amides is 2. The summed E-state index contributed by atoms with van der Waals surface area (Å²) >= 11 is 0. The van der Waals surface area contributed by atoms with Crippen LogP contribution in [0.15, 0.2) is 83.8 Å². The number of hydrogen-bond donors (Lipinski definition) is 1. The van der Waals surface area contributed by atoms with Crippen LogP contribution >= 0.6 is 0 Å². The number of halogens is 2. The highest BCUT2D eigenvalue weighted by Crippen LogP contribution is 2.27. The third-order valence-electron chi connectivity index (χ3n) is 6.38. The van der Waals surface area contributed by atoms with Crippen molar-refractivity contribution in [2.45, 2.75) is 57.1 Å². The number of nitrogens with one attached hydrogen (secondary N) is 1. The lowest BCUT2D eigenvalue weighted by Crippen LogP contribution is -2.53. The number of para-hydroxylation sites is 1. The van der Waals surface area contributed by atoms with Crippen molar-refractivity contribution in [2.24, 2.45) is 0 Å². The Morgan fingerprint density at radius 3 is 2.08 bits per heavy atom. The first-order valence-electron chi connectivity index (χ1n) is 12.7. The number of nitrogens with zero attached hydrogens (tertiary/aromatic N) is 2. The average Bonchev–Trinajstić information content (AvgIpc) is 2.93. The quantitative estimate of drug-likeness (QED) is 0.344. The largest absolute Gasteiger partial charge is 0.352 e. The molecule has 1 N–H and O–H groups in total. The van der Waals surface area contributed by atoms with E-state index in [9.17, 15) is 26.8 Å². The summed E-state index contributed by atoms with van der Waals surface area (Å²) in [4.78, 5) is 28.2. The zero-order valence-corrected chi connectivity index (χ0v) is 23.0. The standard InChI is InChI=1S/C29H33F2N3O4S/c1-4-21(3)32-29(36)26(5-2)33(19-22-15-17-23(30)18-16-22)28(35)20-34(27-14-10-9-13-25(27)31)39(37,38)24-11-7-6-8-12-24/h6-18,21,26H,4-5,19-20H2,1-3H3,(H,32,36)/t21-,26-/m0/s1. The van der Waals surface area contributed by atoms with E-state index in [2.05, 4.69) is 5.32 Å². The van der Waals surface area contributed by atoms with Crippen LogP contribution in [0.5, 0.6) is 0 Å². The lowest BCUT2D eigenvalue weighted by atomic mass is 10.1. The minimum atomic E-state index is -4.36. The third-order valence-corrected chi connectivity index (χ3v) is 8.16. The van der Waals surface area contributed by atoms with Crippen LogP contribution in [0.2, 0.25) is 0 Å². The van der Waals surface area contributed by atoms with Gasteiger partial charge in [0.2, 0.25) is 11.8 Å². The molecule has 208 valence electrons. The fraction of sp³-hybridized carbons (Fsp3) is 0.310. The minimum Gasteiger partial charge on any atom is -0.352 e. The van der Waals surface area contributed by atoms with Gasteiger partial charge in [0.05, 0.1) is 10.6 Å². The molecule has 0 saturated carbocycles. The van der Waals surface area contributed by atoms with Crippen molar-refractivity contribution < 1.29 is 26.8 Å². The van der Waals surface area contributed by atoms with E-state index in [1.807, 2.05) is 13.8 Å². The normalized spacial score (nSPS) is 12.8. The molecular formula is C29H33F2N3O4S. The second-order valence-corrected chi connectivity index (χ2v) is 11.0. The van der Waals surface area contributed by atoms with E-state index in [1.54, 1.807) is 13.0 Å². The maximum absolute atomic E-state index is 14.9. The molecule has 3 aromatic rings. The number of anilines is 1. The smallest absolute Gasteiger partial charge is 0.264 e. The number of benzene rings is 3. The Kier molecular flexibility index (Phi) is 10.2. The van der Waals surface area contributed by atoms with E-state index in [1.165, 1.54) is 71.6 Å². The van der Waals surface area contributed by atoms with Crippen LogP contribution in [0.3, 0.4) is 0 Å². The van der Waals surface area contributed by atoms with Crippen LogP contribution in [0, 0.1) is 11.6 Å². The molecule has 10 heteroatoms. The van der Waals surface area contributed by atoms with Crippen LogP contribution in [0.4, 0.5) is 14.5 Å². The van der Waals surface area contributed by atoms with E-state index in [0.29, 0.717) is 12.0 Å². The number of hydrogen-bond acceptors (Lipinski definition) is 4. The van der Waals surface area contributed by atoms with Crippen molar-refractivity contribution in [1.29, 1.82) is 0 Å². The monoisotopic (exact) mass is 557 g/mol. The Labute approximate surface area is 228 Å². The molecule has 3 aromatic carbocycles. The van der Waals surface area contributed by atoms with E-state index in [4.69, 9.17) is 0 Å². The first-order chi connectivity index (χ1) is 18.6. The fourth-order valence-corrected chi connectivity index (χ4v) is 5.48. The van der Waals surface area contributed by atoms with E-state index in [0.717, 1.165) is 10.4 Å². The average molecular weight is 558 g/mol. The van der Waals surface area contributed by atoms with Gasteiger partial charge in [-0.05, 0) is 61.7 Å². The summed E-state index contributed by atoms with van der Waals surface area (Å²) in [6, 6.07) is 17.1. The van der Waals surface area contributed by atoms with Crippen molar-refractivity contribution >= 4 is 27.5 Å². The molecule has 0 spiro atoms. The molecule has 0 aliphatic heterocycles. The summed E-state index contributed by atoms with van der Waals surface area (Å²) in [5.41, 5.74) is 0.247. The topological polar surface area (TPSA) is 86.8 Å². The van der Waals surface area contributed by atoms with Crippen LogP contribution in [0.1, 0.15) is 39.2 Å². The van der Waals surface area contributed by atoms with Gasteiger partial charge in [-0.25, -0.2) is 17.2 Å². The second kappa shape index (κ2) is 13.3. The maximum Gasteiger partial charge on any atom is 0.264 e. The van der Waals surface area contributed by atoms with Crippen molar-refractivity contribution in [3.63, 3.8) is 0 Å². The molecule has 0 aliphatic carbocycles. The summed E-state index contributed by atoms with van der Waals surface area (Å²) in [6.07, 6.45) is 0.908.